The third-order valence-electron chi connectivity index (χ3n) is 6.42. The fourth-order valence-corrected chi connectivity index (χ4v) is 5.71. The van der Waals surface area contributed by atoms with Crippen molar-refractivity contribution in [3.8, 4) is 0 Å². The molecule has 1 nitrogen and oxygen atoms in total. The third-order valence-corrected chi connectivity index (χ3v) is 6.42. The summed E-state index contributed by atoms with van der Waals surface area (Å²) in [6, 6.07) is 18.7. The van der Waals surface area contributed by atoms with Gasteiger partial charge in [0.05, 0.1) is 13.1 Å². The maximum absolute atomic E-state index is 4.11. The highest BCUT2D eigenvalue weighted by Gasteiger charge is 2.64. The van der Waals surface area contributed by atoms with Crippen LogP contribution in [0.15, 0.2) is 73.8 Å². The molecule has 0 aromatic heterocycles. The molecule has 0 unspecified atom stereocenters. The van der Waals surface area contributed by atoms with Crippen LogP contribution in [0.1, 0.15) is 41.6 Å². The van der Waals surface area contributed by atoms with Gasteiger partial charge in [-0.05, 0) is 17.7 Å². The number of quaternary nitrogens is 1. The van der Waals surface area contributed by atoms with Crippen molar-refractivity contribution in [3.63, 3.8) is 0 Å². The van der Waals surface area contributed by atoms with Crippen LogP contribution in [0.25, 0.3) is 0 Å². The van der Waals surface area contributed by atoms with Crippen molar-refractivity contribution in [2.75, 3.05) is 13.1 Å². The van der Waals surface area contributed by atoms with E-state index in [9.17, 15) is 0 Å². The summed E-state index contributed by atoms with van der Waals surface area (Å²) in [5, 5.41) is 0. The lowest BCUT2D eigenvalue weighted by Crippen LogP contribution is -2.63. The van der Waals surface area contributed by atoms with Crippen molar-refractivity contribution in [2.24, 2.45) is 0 Å². The molecule has 2 heterocycles. The largest absolute Gasteiger partial charge is 0.298 e. The molecule has 2 aromatic rings. The Balaban J connectivity index is 2.12. The summed E-state index contributed by atoms with van der Waals surface area (Å²) < 4.78 is 1.02. The Morgan fingerprint density at radius 3 is 2.29 bits per heavy atom. The average molecular weight is 316 g/mol. The number of hydrogen-bond donors (Lipinski definition) is 0. The molecular formula is C23H26N+. The van der Waals surface area contributed by atoms with Gasteiger partial charge in [0.15, 0.2) is 5.54 Å². The van der Waals surface area contributed by atoms with Gasteiger partial charge in [-0.3, -0.25) is 4.48 Å². The SMILES string of the molecule is C=CC[N+]1(CC=C)[C@@H]2Cc3ccccc3[C@@]1(CC)c1ccccc12. The van der Waals surface area contributed by atoms with E-state index in [-0.39, 0.29) is 5.54 Å². The van der Waals surface area contributed by atoms with E-state index in [2.05, 4.69) is 80.8 Å². The summed E-state index contributed by atoms with van der Waals surface area (Å²) in [6.45, 7) is 12.5. The molecule has 24 heavy (non-hydrogen) atoms. The summed E-state index contributed by atoms with van der Waals surface area (Å²) in [6.07, 6.45) is 6.43. The molecule has 2 aliphatic rings. The van der Waals surface area contributed by atoms with Crippen LogP contribution in [0.2, 0.25) is 0 Å². The van der Waals surface area contributed by atoms with Gasteiger partial charge in [0.2, 0.25) is 0 Å². The highest BCUT2D eigenvalue weighted by atomic mass is 15.5. The van der Waals surface area contributed by atoms with E-state index in [1.165, 1.54) is 22.3 Å². The first-order valence-electron chi connectivity index (χ1n) is 9.01. The van der Waals surface area contributed by atoms with E-state index in [1.807, 2.05) is 0 Å². The standard InChI is InChI=1S/C23H26N/c1-4-15-24(16-5-2)22-17-18-11-7-9-13-20(18)23(24,6-3)21-14-10-8-12-19(21)22/h4-5,7-14,22H,1-2,6,15-17H2,3H3/q+1/t22-,23+/m1/s1. The van der Waals surface area contributed by atoms with Crippen LogP contribution in [-0.2, 0) is 12.0 Å². The molecule has 0 aliphatic carbocycles. The lowest BCUT2D eigenvalue weighted by molar-refractivity contribution is -0.990. The van der Waals surface area contributed by atoms with Gasteiger partial charge in [0.1, 0.15) is 6.04 Å². The fraction of sp³-hybridized carbons (Fsp3) is 0.304. The molecule has 2 aromatic carbocycles. The number of hydrogen-bond acceptors (Lipinski definition) is 0. The van der Waals surface area contributed by atoms with Crippen molar-refractivity contribution < 1.29 is 4.48 Å². The first-order valence-corrected chi connectivity index (χ1v) is 9.01. The first kappa shape index (κ1) is 15.4. The van der Waals surface area contributed by atoms with Crippen molar-refractivity contribution in [1.82, 2.24) is 0 Å². The molecule has 0 N–H and O–H groups in total. The molecule has 1 heteroatoms. The molecule has 0 fully saturated rings. The molecule has 0 spiro atoms. The van der Waals surface area contributed by atoms with Crippen molar-refractivity contribution in [2.45, 2.75) is 31.3 Å². The molecule has 2 bridgehead atoms. The Morgan fingerprint density at radius 2 is 1.62 bits per heavy atom. The van der Waals surface area contributed by atoms with Crippen LogP contribution < -0.4 is 0 Å². The number of benzene rings is 2. The zero-order valence-electron chi connectivity index (χ0n) is 14.5. The Labute approximate surface area is 145 Å². The molecule has 0 amide bonds. The molecule has 0 saturated heterocycles. The Kier molecular flexibility index (Phi) is 3.51. The minimum absolute atomic E-state index is 0.0124. The fourth-order valence-electron chi connectivity index (χ4n) is 5.71. The van der Waals surface area contributed by atoms with Crippen LogP contribution >= 0.6 is 0 Å². The summed E-state index contributed by atoms with van der Waals surface area (Å²) in [5.74, 6) is 0. The zero-order valence-corrected chi connectivity index (χ0v) is 14.5. The van der Waals surface area contributed by atoms with E-state index in [0.717, 1.165) is 30.4 Å². The van der Waals surface area contributed by atoms with Gasteiger partial charge in [-0.1, -0.05) is 68.6 Å². The predicted octanol–water partition coefficient (Wildman–Crippen LogP) is 5.14. The quantitative estimate of drug-likeness (QED) is 0.529. The highest BCUT2D eigenvalue weighted by molar-refractivity contribution is 5.52. The zero-order chi connectivity index (χ0) is 16.8. The van der Waals surface area contributed by atoms with Gasteiger partial charge in [-0.15, -0.1) is 0 Å². The molecule has 4 rings (SSSR count). The molecular weight excluding hydrogens is 290 g/mol. The molecule has 0 radical (unpaired) electrons. The number of nitrogens with zero attached hydrogens (tertiary/aromatic N) is 1. The second-order valence-corrected chi connectivity index (χ2v) is 7.15. The van der Waals surface area contributed by atoms with Crippen LogP contribution in [0, 0.1) is 0 Å². The van der Waals surface area contributed by atoms with Gasteiger partial charge >= 0.3 is 0 Å². The van der Waals surface area contributed by atoms with Gasteiger partial charge in [0, 0.05) is 29.5 Å². The molecule has 2 atom stereocenters. The number of rotatable bonds is 5. The summed E-state index contributed by atoms with van der Waals surface area (Å²) >= 11 is 0. The summed E-state index contributed by atoms with van der Waals surface area (Å²) in [5.41, 5.74) is 6.09. The van der Waals surface area contributed by atoms with E-state index >= 15 is 0 Å². The van der Waals surface area contributed by atoms with Crippen molar-refractivity contribution in [1.29, 1.82) is 0 Å². The normalized spacial score (nSPS) is 25.6. The minimum atomic E-state index is 0.0124. The Bertz CT molecular complexity index is 780. The first-order chi connectivity index (χ1) is 11.7. The molecule has 2 aliphatic heterocycles. The second kappa shape index (κ2) is 5.46. The van der Waals surface area contributed by atoms with Gasteiger partial charge in [-0.25, -0.2) is 0 Å². The molecule has 0 saturated carbocycles. The van der Waals surface area contributed by atoms with Gasteiger partial charge < -0.3 is 0 Å². The Hall–Kier alpha value is -2.12. The summed E-state index contributed by atoms with van der Waals surface area (Å²) in [4.78, 5) is 0. The van der Waals surface area contributed by atoms with E-state index in [0.29, 0.717) is 6.04 Å². The lowest BCUT2D eigenvalue weighted by atomic mass is 9.75. The highest BCUT2D eigenvalue weighted by Crippen LogP contribution is 2.62. The van der Waals surface area contributed by atoms with Crippen molar-refractivity contribution in [3.05, 3.63) is 96.1 Å². The smallest absolute Gasteiger partial charge is 0.152 e. The molecule has 122 valence electrons. The van der Waals surface area contributed by atoms with E-state index < -0.39 is 0 Å². The average Bonchev–Trinajstić information content (AvgIpc) is 2.75. The van der Waals surface area contributed by atoms with Crippen molar-refractivity contribution >= 4 is 0 Å². The van der Waals surface area contributed by atoms with Crippen LogP contribution in [0.4, 0.5) is 0 Å². The van der Waals surface area contributed by atoms with Gasteiger partial charge in [-0.2, -0.15) is 0 Å². The lowest BCUT2D eigenvalue weighted by Gasteiger charge is -2.55. The second-order valence-electron chi connectivity index (χ2n) is 7.15. The Morgan fingerprint density at radius 1 is 1.00 bits per heavy atom. The van der Waals surface area contributed by atoms with E-state index in [1.54, 1.807) is 0 Å². The minimum Gasteiger partial charge on any atom is -0.298 e. The predicted molar refractivity (Wildman–Crippen MR) is 101 cm³/mol. The third kappa shape index (κ3) is 1.63. The monoisotopic (exact) mass is 316 g/mol. The maximum Gasteiger partial charge on any atom is 0.152 e. The maximum atomic E-state index is 4.11. The van der Waals surface area contributed by atoms with Crippen LogP contribution in [0.5, 0.6) is 0 Å². The van der Waals surface area contributed by atoms with E-state index in [4.69, 9.17) is 0 Å². The topological polar surface area (TPSA) is 0 Å². The van der Waals surface area contributed by atoms with Crippen LogP contribution in [0.3, 0.4) is 0 Å². The summed E-state index contributed by atoms with van der Waals surface area (Å²) in [7, 11) is 0. The van der Waals surface area contributed by atoms with Crippen LogP contribution in [-0.4, -0.2) is 17.6 Å². The van der Waals surface area contributed by atoms with Gasteiger partial charge in [0.25, 0.3) is 0 Å². The number of fused-ring (bicyclic) bond motifs is 7.